The Kier molecular flexibility index (Phi) is 6.12. The molecule has 0 spiro atoms. The van der Waals surface area contributed by atoms with Crippen LogP contribution in [0, 0.1) is 6.92 Å². The van der Waals surface area contributed by atoms with E-state index in [0.29, 0.717) is 0 Å². The van der Waals surface area contributed by atoms with Crippen molar-refractivity contribution in [2.45, 2.75) is 39.3 Å². The molecule has 0 amide bonds. The Hall–Kier alpha value is -0.420. The molecule has 0 radical (unpaired) electrons. The average molecular weight is 256 g/mol. The van der Waals surface area contributed by atoms with E-state index in [4.69, 9.17) is 10.8 Å². The molecule has 0 aliphatic carbocycles. The van der Waals surface area contributed by atoms with Crippen LogP contribution in [0.5, 0.6) is 0 Å². The Labute approximate surface area is 108 Å². The third-order valence-electron chi connectivity index (χ3n) is 3.07. The molecule has 3 N–H and O–H groups in total. The highest BCUT2D eigenvalue weighted by Gasteiger charge is 2.24. The normalized spacial score (nSPS) is 15.2. The van der Waals surface area contributed by atoms with Gasteiger partial charge in [0, 0.05) is 24.1 Å². The van der Waals surface area contributed by atoms with Crippen molar-refractivity contribution < 1.29 is 5.11 Å². The molecule has 0 aliphatic heterocycles. The number of aliphatic hydroxyl groups is 1. The SMILES string of the molecule is CCN(CCCO)C(c1sccc1C)C(C)N. The third kappa shape index (κ3) is 3.78. The summed E-state index contributed by atoms with van der Waals surface area (Å²) in [7, 11) is 0. The van der Waals surface area contributed by atoms with Crippen LogP contribution in [-0.2, 0) is 0 Å². The summed E-state index contributed by atoms with van der Waals surface area (Å²) < 4.78 is 0. The summed E-state index contributed by atoms with van der Waals surface area (Å²) in [5, 5.41) is 11.1. The van der Waals surface area contributed by atoms with Crippen molar-refractivity contribution in [1.82, 2.24) is 4.90 Å². The van der Waals surface area contributed by atoms with Crippen LogP contribution >= 0.6 is 11.3 Å². The molecule has 98 valence electrons. The molecule has 1 aromatic rings. The molecule has 0 saturated carbocycles. The molecule has 0 bridgehead atoms. The number of hydrogen-bond donors (Lipinski definition) is 2. The highest BCUT2D eigenvalue weighted by Crippen LogP contribution is 2.30. The molecule has 0 saturated heterocycles. The molecule has 4 heteroatoms. The van der Waals surface area contributed by atoms with Gasteiger partial charge < -0.3 is 10.8 Å². The standard InChI is InChI=1S/C13H24N2OS/c1-4-15(7-5-8-16)12(11(3)14)13-10(2)6-9-17-13/h6,9,11-12,16H,4-5,7-8,14H2,1-3H3. The maximum Gasteiger partial charge on any atom is 0.0593 e. The highest BCUT2D eigenvalue weighted by molar-refractivity contribution is 7.10. The minimum absolute atomic E-state index is 0.103. The monoisotopic (exact) mass is 256 g/mol. The van der Waals surface area contributed by atoms with Gasteiger partial charge in [-0.15, -0.1) is 11.3 Å². The maximum absolute atomic E-state index is 8.96. The fraction of sp³-hybridized carbons (Fsp3) is 0.692. The Morgan fingerprint density at radius 2 is 2.24 bits per heavy atom. The van der Waals surface area contributed by atoms with Crippen LogP contribution in [0.2, 0.25) is 0 Å². The first kappa shape index (κ1) is 14.6. The molecule has 2 atom stereocenters. The van der Waals surface area contributed by atoms with Gasteiger partial charge in [0.1, 0.15) is 0 Å². The van der Waals surface area contributed by atoms with Gasteiger partial charge in [-0.2, -0.15) is 0 Å². The minimum Gasteiger partial charge on any atom is -0.396 e. The predicted molar refractivity (Wildman–Crippen MR) is 74.4 cm³/mol. The molecule has 1 rings (SSSR count). The zero-order valence-corrected chi connectivity index (χ0v) is 11.8. The largest absolute Gasteiger partial charge is 0.396 e. The first-order valence-corrected chi connectivity index (χ1v) is 7.14. The maximum atomic E-state index is 8.96. The van der Waals surface area contributed by atoms with Crippen LogP contribution in [0.4, 0.5) is 0 Å². The van der Waals surface area contributed by atoms with E-state index in [1.54, 1.807) is 11.3 Å². The quantitative estimate of drug-likeness (QED) is 0.786. The van der Waals surface area contributed by atoms with Crippen LogP contribution in [0.25, 0.3) is 0 Å². The second kappa shape index (κ2) is 7.11. The van der Waals surface area contributed by atoms with Crippen molar-refractivity contribution in [1.29, 1.82) is 0 Å². The Morgan fingerprint density at radius 3 is 2.65 bits per heavy atom. The van der Waals surface area contributed by atoms with Gasteiger partial charge in [0.15, 0.2) is 0 Å². The van der Waals surface area contributed by atoms with Crippen molar-refractivity contribution in [2.24, 2.45) is 5.73 Å². The first-order chi connectivity index (χ1) is 8.11. The smallest absolute Gasteiger partial charge is 0.0593 e. The van der Waals surface area contributed by atoms with E-state index < -0.39 is 0 Å². The highest BCUT2D eigenvalue weighted by atomic mass is 32.1. The average Bonchev–Trinajstić information content (AvgIpc) is 2.70. The van der Waals surface area contributed by atoms with E-state index in [1.165, 1.54) is 10.4 Å². The lowest BCUT2D eigenvalue weighted by atomic mass is 10.0. The topological polar surface area (TPSA) is 49.5 Å². The van der Waals surface area contributed by atoms with Crippen molar-refractivity contribution in [3.05, 3.63) is 21.9 Å². The van der Waals surface area contributed by atoms with E-state index in [2.05, 4.69) is 37.1 Å². The zero-order valence-electron chi connectivity index (χ0n) is 11.0. The molecule has 0 aliphatic rings. The number of aryl methyl sites for hydroxylation is 1. The van der Waals surface area contributed by atoms with Gasteiger partial charge in [-0.3, -0.25) is 4.90 Å². The summed E-state index contributed by atoms with van der Waals surface area (Å²) in [6.45, 7) is 8.45. The number of nitrogens with two attached hydrogens (primary N) is 1. The van der Waals surface area contributed by atoms with E-state index >= 15 is 0 Å². The van der Waals surface area contributed by atoms with Crippen molar-refractivity contribution in [2.75, 3.05) is 19.7 Å². The van der Waals surface area contributed by atoms with Crippen LogP contribution in [0.1, 0.15) is 36.8 Å². The number of likely N-dealkylation sites (N-methyl/N-ethyl adjacent to an activating group) is 1. The van der Waals surface area contributed by atoms with Gasteiger partial charge in [0.25, 0.3) is 0 Å². The molecule has 1 heterocycles. The lowest BCUT2D eigenvalue weighted by molar-refractivity contribution is 0.167. The molecule has 3 nitrogen and oxygen atoms in total. The zero-order chi connectivity index (χ0) is 12.8. The number of thiophene rings is 1. The van der Waals surface area contributed by atoms with E-state index in [9.17, 15) is 0 Å². The van der Waals surface area contributed by atoms with Crippen molar-refractivity contribution in [3.63, 3.8) is 0 Å². The number of hydrogen-bond acceptors (Lipinski definition) is 4. The number of nitrogens with zero attached hydrogens (tertiary/aromatic N) is 1. The third-order valence-corrected chi connectivity index (χ3v) is 4.16. The van der Waals surface area contributed by atoms with Gasteiger partial charge in [0.2, 0.25) is 0 Å². The van der Waals surface area contributed by atoms with Gasteiger partial charge in [-0.25, -0.2) is 0 Å². The fourth-order valence-electron chi connectivity index (χ4n) is 2.19. The van der Waals surface area contributed by atoms with Gasteiger partial charge >= 0.3 is 0 Å². The summed E-state index contributed by atoms with van der Waals surface area (Å²) in [6, 6.07) is 2.52. The van der Waals surface area contributed by atoms with Crippen LogP contribution in [-0.4, -0.2) is 35.7 Å². The van der Waals surface area contributed by atoms with Gasteiger partial charge in [0.05, 0.1) is 6.04 Å². The van der Waals surface area contributed by atoms with Crippen LogP contribution < -0.4 is 5.73 Å². The molecule has 1 aromatic heterocycles. The molecule has 17 heavy (non-hydrogen) atoms. The molecule has 2 unspecified atom stereocenters. The van der Waals surface area contributed by atoms with Crippen LogP contribution in [0.15, 0.2) is 11.4 Å². The molecular weight excluding hydrogens is 232 g/mol. The fourth-order valence-corrected chi connectivity index (χ4v) is 3.37. The van der Waals surface area contributed by atoms with E-state index in [0.717, 1.165) is 19.5 Å². The second-order valence-electron chi connectivity index (χ2n) is 4.48. The summed E-state index contributed by atoms with van der Waals surface area (Å²) >= 11 is 1.78. The molecule has 0 aromatic carbocycles. The molecular formula is C13H24N2OS. The van der Waals surface area contributed by atoms with E-state index in [-0.39, 0.29) is 18.7 Å². The first-order valence-electron chi connectivity index (χ1n) is 6.26. The second-order valence-corrected chi connectivity index (χ2v) is 5.43. The van der Waals surface area contributed by atoms with Crippen LogP contribution in [0.3, 0.4) is 0 Å². The van der Waals surface area contributed by atoms with Gasteiger partial charge in [-0.1, -0.05) is 6.92 Å². The predicted octanol–water partition coefficient (Wildman–Crippen LogP) is 2.15. The molecule has 0 fully saturated rings. The number of aliphatic hydroxyl groups excluding tert-OH is 1. The number of rotatable bonds is 7. The lowest BCUT2D eigenvalue weighted by Gasteiger charge is -2.33. The Balaban J connectivity index is 2.87. The summed E-state index contributed by atoms with van der Waals surface area (Å²) in [6.07, 6.45) is 0.807. The Morgan fingerprint density at radius 1 is 1.53 bits per heavy atom. The van der Waals surface area contributed by atoms with Crippen molar-refractivity contribution >= 4 is 11.3 Å². The summed E-state index contributed by atoms with van der Waals surface area (Å²) in [5.41, 5.74) is 7.47. The summed E-state index contributed by atoms with van der Waals surface area (Å²) in [4.78, 5) is 3.72. The van der Waals surface area contributed by atoms with Crippen molar-refractivity contribution in [3.8, 4) is 0 Å². The van der Waals surface area contributed by atoms with Gasteiger partial charge in [-0.05, 0) is 43.8 Å². The Bertz CT molecular complexity index is 325. The minimum atomic E-state index is 0.103. The van der Waals surface area contributed by atoms with E-state index in [1.807, 2.05) is 0 Å². The lowest BCUT2D eigenvalue weighted by Crippen LogP contribution is -2.40. The summed E-state index contributed by atoms with van der Waals surface area (Å²) in [5.74, 6) is 0.